The molecular weight excluding hydrogens is 446 g/mol. The van der Waals surface area contributed by atoms with Crippen molar-refractivity contribution in [1.29, 1.82) is 0 Å². The van der Waals surface area contributed by atoms with Crippen molar-refractivity contribution < 1.29 is 27.5 Å². The lowest BCUT2D eigenvalue weighted by Gasteiger charge is -2.26. The number of benzene rings is 2. The average molecular weight is 474 g/mol. The summed E-state index contributed by atoms with van der Waals surface area (Å²) in [4.78, 5) is 25.6. The summed E-state index contributed by atoms with van der Waals surface area (Å²) < 4.78 is 37.9. The smallest absolute Gasteiger partial charge is 0.255 e. The third-order valence-corrected chi connectivity index (χ3v) is 7.53. The van der Waals surface area contributed by atoms with Crippen LogP contribution in [0.15, 0.2) is 53.4 Å². The number of nitrogens with one attached hydrogen (secondary N) is 2. The molecule has 2 fully saturated rings. The van der Waals surface area contributed by atoms with Gasteiger partial charge in [0.05, 0.1) is 35.5 Å². The van der Waals surface area contributed by atoms with Crippen LogP contribution in [0.1, 0.15) is 33.6 Å². The fourth-order valence-corrected chi connectivity index (χ4v) is 5.28. The maximum Gasteiger partial charge on any atom is 0.255 e. The van der Waals surface area contributed by atoms with Crippen molar-refractivity contribution in [2.24, 2.45) is 0 Å². The average Bonchev–Trinajstić information content (AvgIpc) is 3.37. The highest BCUT2D eigenvalue weighted by Crippen LogP contribution is 2.21. The van der Waals surface area contributed by atoms with Gasteiger partial charge in [-0.3, -0.25) is 9.59 Å². The zero-order chi connectivity index (χ0) is 23.3. The van der Waals surface area contributed by atoms with Crippen LogP contribution < -0.4 is 10.6 Å². The Balaban J connectivity index is 1.47. The second kappa shape index (κ2) is 10.4. The molecule has 10 heteroatoms. The normalized spacial score (nSPS) is 19.2. The maximum atomic E-state index is 12.9. The highest BCUT2D eigenvalue weighted by Gasteiger charge is 2.27. The molecule has 0 radical (unpaired) electrons. The number of carbonyl (C=O) groups excluding carboxylic acids is 2. The molecule has 0 aliphatic carbocycles. The predicted molar refractivity (Wildman–Crippen MR) is 122 cm³/mol. The molecule has 2 aliphatic heterocycles. The molecule has 0 aromatic heterocycles. The second-order valence-corrected chi connectivity index (χ2v) is 9.83. The van der Waals surface area contributed by atoms with Crippen LogP contribution >= 0.6 is 0 Å². The summed E-state index contributed by atoms with van der Waals surface area (Å²) in [5.74, 6) is -0.821. The van der Waals surface area contributed by atoms with Gasteiger partial charge in [0.1, 0.15) is 0 Å². The maximum absolute atomic E-state index is 12.9. The van der Waals surface area contributed by atoms with Crippen molar-refractivity contribution in [2.45, 2.75) is 23.8 Å². The van der Waals surface area contributed by atoms with Gasteiger partial charge in [-0.2, -0.15) is 4.31 Å². The van der Waals surface area contributed by atoms with E-state index in [9.17, 15) is 18.0 Å². The van der Waals surface area contributed by atoms with Crippen molar-refractivity contribution in [2.75, 3.05) is 44.8 Å². The molecule has 2 saturated heterocycles. The minimum atomic E-state index is -3.73. The number of hydrogen-bond donors (Lipinski definition) is 2. The van der Waals surface area contributed by atoms with Gasteiger partial charge in [-0.1, -0.05) is 18.2 Å². The zero-order valence-corrected chi connectivity index (χ0v) is 19.0. The van der Waals surface area contributed by atoms with Crippen LogP contribution in [0.4, 0.5) is 5.69 Å². The van der Waals surface area contributed by atoms with Gasteiger partial charge < -0.3 is 20.1 Å². The van der Waals surface area contributed by atoms with Crippen LogP contribution in [0.5, 0.6) is 0 Å². The van der Waals surface area contributed by atoms with Gasteiger partial charge >= 0.3 is 0 Å². The van der Waals surface area contributed by atoms with Gasteiger partial charge in [-0.15, -0.1) is 0 Å². The van der Waals surface area contributed by atoms with Crippen LogP contribution in [0.2, 0.25) is 0 Å². The molecule has 2 aromatic rings. The molecule has 176 valence electrons. The largest absolute Gasteiger partial charge is 0.379 e. The quantitative estimate of drug-likeness (QED) is 0.635. The molecule has 4 rings (SSSR count). The number of para-hydroxylation sites is 1. The van der Waals surface area contributed by atoms with E-state index in [1.54, 1.807) is 24.3 Å². The molecule has 0 bridgehead atoms. The van der Waals surface area contributed by atoms with Crippen molar-refractivity contribution in [3.63, 3.8) is 0 Å². The SMILES string of the molecule is O=C(Nc1ccccc1C(=O)NC[C@@H]1CCCO1)c1cccc(S(=O)(=O)N2CCOCC2)c1. The van der Waals surface area contributed by atoms with Gasteiger partial charge in [0, 0.05) is 31.8 Å². The molecule has 2 amide bonds. The van der Waals surface area contributed by atoms with E-state index in [4.69, 9.17) is 9.47 Å². The first kappa shape index (κ1) is 23.4. The number of ether oxygens (including phenoxy) is 2. The van der Waals surface area contributed by atoms with Gasteiger partial charge in [-0.25, -0.2) is 8.42 Å². The Kier molecular flexibility index (Phi) is 7.39. The van der Waals surface area contributed by atoms with Crippen LogP contribution in [-0.2, 0) is 19.5 Å². The van der Waals surface area contributed by atoms with E-state index in [-0.39, 0.29) is 35.6 Å². The molecule has 0 spiro atoms. The van der Waals surface area contributed by atoms with Crippen LogP contribution in [0.3, 0.4) is 0 Å². The summed E-state index contributed by atoms with van der Waals surface area (Å²) in [5, 5.41) is 5.58. The van der Waals surface area contributed by atoms with E-state index in [2.05, 4.69) is 10.6 Å². The van der Waals surface area contributed by atoms with Gasteiger partial charge in [0.2, 0.25) is 10.0 Å². The number of morpholine rings is 1. The molecule has 9 nitrogen and oxygen atoms in total. The topological polar surface area (TPSA) is 114 Å². The Morgan fingerprint density at radius 2 is 1.79 bits per heavy atom. The summed E-state index contributed by atoms with van der Waals surface area (Å²) in [5.41, 5.74) is 0.841. The zero-order valence-electron chi connectivity index (χ0n) is 18.2. The Hall–Kier alpha value is -2.79. The Morgan fingerprint density at radius 3 is 2.55 bits per heavy atom. The highest BCUT2D eigenvalue weighted by atomic mass is 32.2. The summed E-state index contributed by atoms with van der Waals surface area (Å²) in [6, 6.07) is 12.6. The molecule has 0 unspecified atom stereocenters. The molecule has 2 aromatic carbocycles. The molecule has 1 atom stereocenters. The van der Waals surface area contributed by atoms with Crippen LogP contribution in [-0.4, -0.2) is 70.1 Å². The number of rotatable bonds is 7. The predicted octanol–water partition coefficient (Wildman–Crippen LogP) is 1.87. The molecule has 2 heterocycles. The molecule has 2 aliphatic rings. The monoisotopic (exact) mass is 473 g/mol. The number of amides is 2. The fourth-order valence-electron chi connectivity index (χ4n) is 3.83. The van der Waals surface area contributed by atoms with Gasteiger partial charge in [-0.05, 0) is 43.2 Å². The van der Waals surface area contributed by atoms with E-state index in [1.165, 1.54) is 28.6 Å². The van der Waals surface area contributed by atoms with E-state index in [1.807, 2.05) is 0 Å². The molecule has 33 heavy (non-hydrogen) atoms. The number of anilines is 1. The first-order valence-electron chi connectivity index (χ1n) is 10.9. The van der Waals surface area contributed by atoms with E-state index >= 15 is 0 Å². The van der Waals surface area contributed by atoms with Gasteiger partial charge in [0.25, 0.3) is 11.8 Å². The van der Waals surface area contributed by atoms with E-state index in [0.717, 1.165) is 12.8 Å². The first-order chi connectivity index (χ1) is 15.9. The Bertz CT molecular complexity index is 1110. The molecular formula is C23H27N3O6S. The standard InChI is InChI=1S/C23H27N3O6S/c27-22(17-5-3-7-19(15-17)33(29,30)26-10-13-31-14-11-26)25-21-9-2-1-8-20(21)23(28)24-16-18-6-4-12-32-18/h1-3,5,7-9,15,18H,4,6,10-14,16H2,(H,24,28)(H,25,27)/t18-/m0/s1. The first-order valence-corrected chi connectivity index (χ1v) is 12.4. The summed E-state index contributed by atoms with van der Waals surface area (Å²) in [6.45, 7) is 2.33. The second-order valence-electron chi connectivity index (χ2n) is 7.89. The summed E-state index contributed by atoms with van der Waals surface area (Å²) in [6.07, 6.45) is 1.89. The van der Waals surface area contributed by atoms with Crippen molar-refractivity contribution in [1.82, 2.24) is 9.62 Å². The molecule has 0 saturated carbocycles. The lowest BCUT2D eigenvalue weighted by molar-refractivity contribution is 0.0730. The highest BCUT2D eigenvalue weighted by molar-refractivity contribution is 7.89. The number of sulfonamides is 1. The third kappa shape index (κ3) is 5.59. The Morgan fingerprint density at radius 1 is 1.00 bits per heavy atom. The van der Waals surface area contributed by atoms with Crippen molar-refractivity contribution in [3.8, 4) is 0 Å². The number of nitrogens with zero attached hydrogens (tertiary/aromatic N) is 1. The fraction of sp³-hybridized carbons (Fsp3) is 0.391. The summed E-state index contributed by atoms with van der Waals surface area (Å²) in [7, 11) is -3.73. The van der Waals surface area contributed by atoms with Gasteiger partial charge in [0.15, 0.2) is 0 Å². The van der Waals surface area contributed by atoms with E-state index in [0.29, 0.717) is 37.6 Å². The lowest BCUT2D eigenvalue weighted by Crippen LogP contribution is -2.40. The lowest BCUT2D eigenvalue weighted by atomic mass is 10.1. The Labute approximate surface area is 193 Å². The number of hydrogen-bond acceptors (Lipinski definition) is 6. The van der Waals surface area contributed by atoms with Crippen LogP contribution in [0, 0.1) is 0 Å². The van der Waals surface area contributed by atoms with E-state index < -0.39 is 15.9 Å². The van der Waals surface area contributed by atoms with Crippen molar-refractivity contribution in [3.05, 3.63) is 59.7 Å². The van der Waals surface area contributed by atoms with Crippen LogP contribution in [0.25, 0.3) is 0 Å². The van der Waals surface area contributed by atoms with Crippen molar-refractivity contribution >= 4 is 27.5 Å². The number of carbonyl (C=O) groups is 2. The minimum Gasteiger partial charge on any atom is -0.379 e. The minimum absolute atomic E-state index is 0.00635. The summed E-state index contributed by atoms with van der Waals surface area (Å²) >= 11 is 0. The molecule has 2 N–H and O–H groups in total. The third-order valence-electron chi connectivity index (χ3n) is 5.64.